The molecule has 1 fully saturated rings. The first-order valence-corrected chi connectivity index (χ1v) is 16.5. The second kappa shape index (κ2) is 17.5. The normalized spacial score (nSPS) is 26.7. The van der Waals surface area contributed by atoms with Gasteiger partial charge in [-0.05, 0) is 54.9 Å². The van der Waals surface area contributed by atoms with Crippen molar-refractivity contribution < 1.29 is 33.5 Å². The lowest BCUT2D eigenvalue weighted by atomic mass is 9.83. The molecule has 2 heterocycles. The molecule has 2 aliphatic heterocycles. The van der Waals surface area contributed by atoms with Gasteiger partial charge >= 0.3 is 0 Å². The van der Waals surface area contributed by atoms with Crippen molar-refractivity contribution >= 4 is 11.6 Å². The van der Waals surface area contributed by atoms with Crippen LogP contribution in [0.5, 0.6) is 0 Å². The standard InChI is InChI=1S/C33H55ClO7/c1-7-11-15-36-28(23(5)6)30-29(37-16-12-8-2)31(38-17-13-9-3)32(39-18-14-10-4)33(41-30)26-19-24(21-35)27(34)20-25(26)22-40-33/h19-20,23,28-32,35H,7-18,21-22H2,1-6H3/t28-,29-,30-,31+,32-,33+/m1/s1. The second-order valence-corrected chi connectivity index (χ2v) is 12.2. The molecule has 1 saturated heterocycles. The zero-order chi connectivity index (χ0) is 29.8. The predicted octanol–water partition coefficient (Wildman–Crippen LogP) is 7.31. The number of halogens is 1. The highest BCUT2D eigenvalue weighted by atomic mass is 35.5. The molecular weight excluding hydrogens is 544 g/mol. The highest BCUT2D eigenvalue weighted by molar-refractivity contribution is 6.31. The average Bonchev–Trinajstić information content (AvgIpc) is 3.30. The largest absolute Gasteiger partial charge is 0.392 e. The number of aliphatic hydroxyl groups excluding tert-OH is 1. The van der Waals surface area contributed by atoms with Gasteiger partial charge < -0.3 is 33.5 Å². The van der Waals surface area contributed by atoms with E-state index in [9.17, 15) is 5.11 Å². The fraction of sp³-hybridized carbons (Fsp3) is 0.818. The Balaban J connectivity index is 2.16. The Morgan fingerprint density at radius 3 is 2.05 bits per heavy atom. The Bertz CT molecular complexity index is 897. The highest BCUT2D eigenvalue weighted by Gasteiger charge is 2.62. The van der Waals surface area contributed by atoms with Gasteiger partial charge in [0, 0.05) is 37.0 Å². The number of rotatable bonds is 19. The van der Waals surface area contributed by atoms with E-state index in [4.69, 9.17) is 40.0 Å². The minimum Gasteiger partial charge on any atom is -0.392 e. The van der Waals surface area contributed by atoms with Crippen LogP contribution in [0, 0.1) is 5.92 Å². The van der Waals surface area contributed by atoms with Gasteiger partial charge in [0.15, 0.2) is 0 Å². The minimum absolute atomic E-state index is 0.166. The summed E-state index contributed by atoms with van der Waals surface area (Å²) >= 11 is 6.52. The monoisotopic (exact) mass is 598 g/mol. The van der Waals surface area contributed by atoms with E-state index in [1.807, 2.05) is 12.1 Å². The van der Waals surface area contributed by atoms with Crippen molar-refractivity contribution in [1.29, 1.82) is 0 Å². The molecule has 6 atom stereocenters. The molecule has 2 aliphatic rings. The Morgan fingerprint density at radius 2 is 1.46 bits per heavy atom. The molecule has 1 aromatic carbocycles. The van der Waals surface area contributed by atoms with Crippen LogP contribution in [-0.2, 0) is 47.4 Å². The van der Waals surface area contributed by atoms with Crippen molar-refractivity contribution in [2.75, 3.05) is 26.4 Å². The number of aliphatic hydroxyl groups is 1. The van der Waals surface area contributed by atoms with E-state index >= 15 is 0 Å². The number of fused-ring (bicyclic) bond motifs is 2. The van der Waals surface area contributed by atoms with E-state index in [0.29, 0.717) is 43.6 Å². The molecule has 7 nitrogen and oxygen atoms in total. The number of benzene rings is 1. The van der Waals surface area contributed by atoms with Gasteiger partial charge in [-0.2, -0.15) is 0 Å². The van der Waals surface area contributed by atoms with Crippen molar-refractivity contribution in [2.24, 2.45) is 5.92 Å². The third-order valence-electron chi connectivity index (χ3n) is 8.09. The number of unbranched alkanes of at least 4 members (excludes halogenated alkanes) is 4. The second-order valence-electron chi connectivity index (χ2n) is 11.8. The van der Waals surface area contributed by atoms with E-state index in [2.05, 4.69) is 41.5 Å². The van der Waals surface area contributed by atoms with Crippen molar-refractivity contribution in [1.82, 2.24) is 0 Å². The summed E-state index contributed by atoms with van der Waals surface area (Å²) in [6.07, 6.45) is 5.74. The SMILES string of the molecule is CCCCO[C@@H]1[C@@H]([C@H](OCCCC)C(C)C)O[C@]2(OCc3cc(Cl)c(CO)cc32)[C@H](OCCCC)[C@H]1OCCCC. The van der Waals surface area contributed by atoms with Crippen LogP contribution in [0.2, 0.25) is 5.02 Å². The topological polar surface area (TPSA) is 75.6 Å². The van der Waals surface area contributed by atoms with Gasteiger partial charge in [-0.15, -0.1) is 0 Å². The summed E-state index contributed by atoms with van der Waals surface area (Å²) in [5, 5.41) is 10.6. The van der Waals surface area contributed by atoms with E-state index in [0.717, 1.165) is 62.5 Å². The Hall–Kier alpha value is -0.770. The Morgan fingerprint density at radius 1 is 0.878 bits per heavy atom. The number of hydrogen-bond acceptors (Lipinski definition) is 7. The zero-order valence-corrected chi connectivity index (χ0v) is 27.0. The third-order valence-corrected chi connectivity index (χ3v) is 8.44. The summed E-state index contributed by atoms with van der Waals surface area (Å²) in [6.45, 7) is 15.5. The summed E-state index contributed by atoms with van der Waals surface area (Å²) in [4.78, 5) is 0. The quantitative estimate of drug-likeness (QED) is 0.167. The molecule has 8 heteroatoms. The van der Waals surface area contributed by atoms with E-state index in [1.165, 1.54) is 0 Å². The van der Waals surface area contributed by atoms with Gasteiger partial charge in [-0.1, -0.05) is 78.8 Å². The van der Waals surface area contributed by atoms with E-state index in [-0.39, 0.29) is 18.6 Å². The Kier molecular flexibility index (Phi) is 14.8. The van der Waals surface area contributed by atoms with Gasteiger partial charge in [0.05, 0.1) is 19.3 Å². The maximum absolute atomic E-state index is 10.1. The van der Waals surface area contributed by atoms with Gasteiger partial charge in [0.2, 0.25) is 5.79 Å². The van der Waals surface area contributed by atoms with Gasteiger partial charge in [-0.3, -0.25) is 0 Å². The first kappa shape index (κ1) is 34.7. The Labute approximate surface area is 253 Å². The molecule has 0 saturated carbocycles. The predicted molar refractivity (Wildman–Crippen MR) is 162 cm³/mol. The number of ether oxygens (including phenoxy) is 6. The molecular formula is C33H55ClO7. The van der Waals surface area contributed by atoms with E-state index in [1.54, 1.807) is 0 Å². The lowest BCUT2D eigenvalue weighted by Crippen LogP contribution is -2.68. The molecule has 0 amide bonds. The van der Waals surface area contributed by atoms with Crippen LogP contribution in [0.25, 0.3) is 0 Å². The molecule has 0 radical (unpaired) electrons. The lowest BCUT2D eigenvalue weighted by Gasteiger charge is -2.53. The van der Waals surface area contributed by atoms with Crippen molar-refractivity contribution in [3.8, 4) is 0 Å². The van der Waals surface area contributed by atoms with Gasteiger partial charge in [0.25, 0.3) is 0 Å². The smallest absolute Gasteiger partial charge is 0.225 e. The minimum atomic E-state index is -1.25. The average molecular weight is 599 g/mol. The summed E-state index contributed by atoms with van der Waals surface area (Å²) < 4.78 is 40.5. The van der Waals surface area contributed by atoms with Crippen molar-refractivity contribution in [2.45, 2.75) is 142 Å². The first-order chi connectivity index (χ1) is 19.9. The van der Waals surface area contributed by atoms with Crippen molar-refractivity contribution in [3.63, 3.8) is 0 Å². The summed E-state index contributed by atoms with van der Waals surface area (Å²) in [5.74, 6) is -1.08. The molecule has 3 rings (SSSR count). The summed E-state index contributed by atoms with van der Waals surface area (Å²) in [6, 6.07) is 3.80. The summed E-state index contributed by atoms with van der Waals surface area (Å²) in [7, 11) is 0. The molecule has 0 aromatic heterocycles. The van der Waals surface area contributed by atoms with Crippen LogP contribution in [-0.4, -0.2) is 62.1 Å². The van der Waals surface area contributed by atoms with Gasteiger partial charge in [0.1, 0.15) is 24.4 Å². The zero-order valence-electron chi connectivity index (χ0n) is 26.3. The molecule has 0 aliphatic carbocycles. The van der Waals surface area contributed by atoms with Crippen LogP contribution >= 0.6 is 11.6 Å². The van der Waals surface area contributed by atoms with Crippen LogP contribution in [0.3, 0.4) is 0 Å². The molecule has 41 heavy (non-hydrogen) atoms. The molecule has 1 N–H and O–H groups in total. The van der Waals surface area contributed by atoms with Gasteiger partial charge in [-0.25, -0.2) is 0 Å². The summed E-state index contributed by atoms with van der Waals surface area (Å²) in [5.41, 5.74) is 2.40. The van der Waals surface area contributed by atoms with Crippen LogP contribution in [0.1, 0.15) is 110 Å². The van der Waals surface area contributed by atoms with Crippen LogP contribution in [0.4, 0.5) is 0 Å². The maximum Gasteiger partial charge on any atom is 0.225 e. The molecule has 1 spiro atoms. The third kappa shape index (κ3) is 8.45. The van der Waals surface area contributed by atoms with Crippen LogP contribution < -0.4 is 0 Å². The van der Waals surface area contributed by atoms with Crippen molar-refractivity contribution in [3.05, 3.63) is 33.8 Å². The van der Waals surface area contributed by atoms with Crippen LogP contribution in [0.15, 0.2) is 12.1 Å². The fourth-order valence-corrected chi connectivity index (χ4v) is 5.92. The molecule has 236 valence electrons. The maximum atomic E-state index is 10.1. The number of hydrogen-bond donors (Lipinski definition) is 1. The lowest BCUT2D eigenvalue weighted by molar-refractivity contribution is -0.392. The highest BCUT2D eigenvalue weighted by Crippen LogP contribution is 2.50. The van der Waals surface area contributed by atoms with E-state index < -0.39 is 30.2 Å². The molecule has 0 unspecified atom stereocenters. The fourth-order valence-electron chi connectivity index (χ4n) is 5.67. The molecule has 0 bridgehead atoms. The first-order valence-electron chi connectivity index (χ1n) is 16.1. The molecule has 1 aromatic rings.